The summed E-state index contributed by atoms with van der Waals surface area (Å²) in [5, 5.41) is 2.45. The van der Waals surface area contributed by atoms with Crippen LogP contribution in [0.3, 0.4) is 0 Å². The van der Waals surface area contributed by atoms with Gasteiger partial charge in [0.15, 0.2) is 0 Å². The number of hydrogen-bond donors (Lipinski definition) is 1. The lowest BCUT2D eigenvalue weighted by atomic mass is 10.2. The number of benzene rings is 1. The highest BCUT2D eigenvalue weighted by Gasteiger charge is 2.17. The van der Waals surface area contributed by atoms with Gasteiger partial charge in [0, 0.05) is 13.6 Å². The van der Waals surface area contributed by atoms with Crippen molar-refractivity contribution in [2.24, 2.45) is 0 Å². The predicted octanol–water partition coefficient (Wildman–Crippen LogP) is 2.17. The van der Waals surface area contributed by atoms with E-state index in [9.17, 15) is 9.59 Å². The van der Waals surface area contributed by atoms with Gasteiger partial charge in [0.05, 0.1) is 0 Å². The Morgan fingerprint density at radius 1 is 1.20 bits per heavy atom. The Hall–Kier alpha value is -2.04. The first-order valence-electron chi connectivity index (χ1n) is 6.52. The number of nitrogens with one attached hydrogen (secondary N) is 1. The van der Waals surface area contributed by atoms with Crippen LogP contribution in [0.25, 0.3) is 0 Å². The largest absolute Gasteiger partial charge is 0.444 e. The second-order valence-electron chi connectivity index (χ2n) is 5.59. The molecule has 0 radical (unpaired) electrons. The molecule has 0 saturated heterocycles. The molecular weight excluding hydrogens is 256 g/mol. The summed E-state index contributed by atoms with van der Waals surface area (Å²) in [6, 6.07) is 9.67. The third kappa shape index (κ3) is 6.22. The third-order valence-electron chi connectivity index (χ3n) is 2.47. The Balaban J connectivity index is 2.37. The van der Waals surface area contributed by atoms with Gasteiger partial charge in [0.1, 0.15) is 12.1 Å². The van der Waals surface area contributed by atoms with E-state index in [1.165, 1.54) is 0 Å². The second-order valence-corrected chi connectivity index (χ2v) is 5.59. The van der Waals surface area contributed by atoms with Crippen molar-refractivity contribution in [1.29, 1.82) is 0 Å². The average Bonchev–Trinajstić information content (AvgIpc) is 2.35. The van der Waals surface area contributed by atoms with Crippen molar-refractivity contribution in [3.05, 3.63) is 35.9 Å². The van der Waals surface area contributed by atoms with Crippen LogP contribution in [0.1, 0.15) is 26.3 Å². The lowest BCUT2D eigenvalue weighted by Crippen LogP contribution is -2.40. The molecule has 0 fully saturated rings. The minimum atomic E-state index is -0.584. The van der Waals surface area contributed by atoms with Crippen LogP contribution in [-0.4, -0.2) is 36.1 Å². The molecule has 0 aliphatic carbocycles. The lowest BCUT2D eigenvalue weighted by molar-refractivity contribution is -0.129. The van der Waals surface area contributed by atoms with Crippen molar-refractivity contribution in [3.63, 3.8) is 0 Å². The summed E-state index contributed by atoms with van der Waals surface area (Å²) in [7, 11) is 1.70. The Bertz CT molecular complexity index is 452. The van der Waals surface area contributed by atoms with Crippen LogP contribution in [0.15, 0.2) is 30.3 Å². The molecule has 0 unspecified atom stereocenters. The zero-order valence-electron chi connectivity index (χ0n) is 12.5. The first-order chi connectivity index (χ1) is 9.28. The highest BCUT2D eigenvalue weighted by Crippen LogP contribution is 2.06. The van der Waals surface area contributed by atoms with Gasteiger partial charge in [-0.3, -0.25) is 4.79 Å². The molecule has 1 aromatic carbocycles. The van der Waals surface area contributed by atoms with E-state index in [0.29, 0.717) is 6.54 Å². The minimum absolute atomic E-state index is 0.0712. The molecule has 110 valence electrons. The topological polar surface area (TPSA) is 58.6 Å². The predicted molar refractivity (Wildman–Crippen MR) is 77.2 cm³/mol. The standard InChI is InChI=1S/C15H22N2O3/c1-15(2,3)20-14(19)16-10-13(18)17(4)11-12-8-6-5-7-9-12/h5-9H,10-11H2,1-4H3,(H,16,19). The Morgan fingerprint density at radius 3 is 2.35 bits per heavy atom. The number of rotatable bonds is 4. The summed E-state index contributed by atoms with van der Waals surface area (Å²) in [5.41, 5.74) is 0.476. The number of hydrogen-bond acceptors (Lipinski definition) is 3. The fourth-order valence-corrected chi connectivity index (χ4v) is 1.54. The maximum absolute atomic E-state index is 11.9. The van der Waals surface area contributed by atoms with Gasteiger partial charge in [-0.25, -0.2) is 4.79 Å². The first-order valence-corrected chi connectivity index (χ1v) is 6.52. The summed E-state index contributed by atoms with van der Waals surface area (Å²) in [5.74, 6) is -0.167. The van der Waals surface area contributed by atoms with E-state index in [2.05, 4.69) is 5.32 Å². The number of nitrogens with zero attached hydrogens (tertiary/aromatic N) is 1. The van der Waals surface area contributed by atoms with E-state index in [0.717, 1.165) is 5.56 Å². The van der Waals surface area contributed by atoms with Crippen molar-refractivity contribution in [3.8, 4) is 0 Å². The Labute approximate surface area is 119 Å². The quantitative estimate of drug-likeness (QED) is 0.918. The molecule has 0 aliphatic rings. The first kappa shape index (κ1) is 16.0. The highest BCUT2D eigenvalue weighted by atomic mass is 16.6. The van der Waals surface area contributed by atoms with Gasteiger partial charge < -0.3 is 15.0 Å². The number of likely N-dealkylation sites (N-methyl/N-ethyl adjacent to an activating group) is 1. The lowest BCUT2D eigenvalue weighted by Gasteiger charge is -2.21. The molecular formula is C15H22N2O3. The average molecular weight is 278 g/mol. The van der Waals surface area contributed by atoms with Gasteiger partial charge >= 0.3 is 6.09 Å². The van der Waals surface area contributed by atoms with Gasteiger partial charge in [-0.2, -0.15) is 0 Å². The fourth-order valence-electron chi connectivity index (χ4n) is 1.54. The van der Waals surface area contributed by atoms with Crippen molar-refractivity contribution in [1.82, 2.24) is 10.2 Å². The third-order valence-corrected chi connectivity index (χ3v) is 2.47. The molecule has 20 heavy (non-hydrogen) atoms. The van der Waals surface area contributed by atoms with Crippen LogP contribution in [0, 0.1) is 0 Å². The Kier molecular flexibility index (Phi) is 5.55. The number of carbonyl (C=O) groups is 2. The number of ether oxygens (including phenoxy) is 1. The van der Waals surface area contributed by atoms with E-state index in [4.69, 9.17) is 4.74 Å². The molecule has 0 bridgehead atoms. The molecule has 2 amide bonds. The molecule has 5 nitrogen and oxygen atoms in total. The second kappa shape index (κ2) is 6.93. The van der Waals surface area contributed by atoms with Crippen LogP contribution >= 0.6 is 0 Å². The van der Waals surface area contributed by atoms with Crippen molar-refractivity contribution < 1.29 is 14.3 Å². The van der Waals surface area contributed by atoms with Crippen LogP contribution in [0.5, 0.6) is 0 Å². The molecule has 0 saturated carbocycles. The van der Waals surface area contributed by atoms with Crippen LogP contribution in [-0.2, 0) is 16.1 Å². The van der Waals surface area contributed by atoms with Crippen molar-refractivity contribution >= 4 is 12.0 Å². The highest BCUT2D eigenvalue weighted by molar-refractivity contribution is 5.82. The molecule has 1 rings (SSSR count). The van der Waals surface area contributed by atoms with Gasteiger partial charge in [-0.1, -0.05) is 30.3 Å². The SMILES string of the molecule is CN(Cc1ccccc1)C(=O)CNC(=O)OC(C)(C)C. The zero-order chi connectivity index (χ0) is 15.2. The fraction of sp³-hybridized carbons (Fsp3) is 0.467. The van der Waals surface area contributed by atoms with E-state index in [1.54, 1.807) is 32.7 Å². The van der Waals surface area contributed by atoms with Crippen LogP contribution in [0.4, 0.5) is 4.79 Å². The maximum atomic E-state index is 11.9. The Morgan fingerprint density at radius 2 is 1.80 bits per heavy atom. The van der Waals surface area contributed by atoms with Gasteiger partial charge in [-0.05, 0) is 26.3 Å². The molecule has 0 heterocycles. The van der Waals surface area contributed by atoms with Gasteiger partial charge in [0.25, 0.3) is 0 Å². The molecule has 0 aliphatic heterocycles. The van der Waals surface area contributed by atoms with Crippen molar-refractivity contribution in [2.75, 3.05) is 13.6 Å². The summed E-state index contributed by atoms with van der Waals surface area (Å²) in [6.45, 7) is 5.76. The summed E-state index contributed by atoms with van der Waals surface area (Å²) < 4.78 is 5.07. The molecule has 1 N–H and O–H groups in total. The van der Waals surface area contributed by atoms with Gasteiger partial charge in [0.2, 0.25) is 5.91 Å². The van der Waals surface area contributed by atoms with E-state index in [-0.39, 0.29) is 12.5 Å². The molecule has 5 heteroatoms. The monoisotopic (exact) mass is 278 g/mol. The van der Waals surface area contributed by atoms with E-state index < -0.39 is 11.7 Å². The van der Waals surface area contributed by atoms with Crippen molar-refractivity contribution in [2.45, 2.75) is 32.9 Å². The van der Waals surface area contributed by atoms with E-state index >= 15 is 0 Å². The summed E-state index contributed by atoms with van der Waals surface area (Å²) in [6.07, 6.45) is -0.584. The summed E-state index contributed by atoms with van der Waals surface area (Å²) in [4.78, 5) is 24.9. The maximum Gasteiger partial charge on any atom is 0.408 e. The normalized spacial score (nSPS) is 10.8. The minimum Gasteiger partial charge on any atom is -0.444 e. The zero-order valence-corrected chi connectivity index (χ0v) is 12.5. The number of alkyl carbamates (subject to hydrolysis) is 1. The van der Waals surface area contributed by atoms with Crippen LogP contribution in [0.2, 0.25) is 0 Å². The molecule has 1 aromatic rings. The van der Waals surface area contributed by atoms with Gasteiger partial charge in [-0.15, -0.1) is 0 Å². The van der Waals surface area contributed by atoms with Crippen LogP contribution < -0.4 is 5.32 Å². The summed E-state index contributed by atoms with van der Waals surface area (Å²) >= 11 is 0. The van der Waals surface area contributed by atoms with E-state index in [1.807, 2.05) is 30.3 Å². The smallest absolute Gasteiger partial charge is 0.408 e. The molecule has 0 aromatic heterocycles. The molecule has 0 atom stereocenters. The molecule has 0 spiro atoms. The number of amides is 2. The number of carbonyl (C=O) groups excluding carboxylic acids is 2.